The highest BCUT2D eigenvalue weighted by atomic mass is 127. The van der Waals surface area contributed by atoms with Crippen LogP contribution in [-0.4, -0.2) is 0 Å². The molecular formula is C15H9ClIN. The predicted octanol–water partition coefficient (Wildman–Crippen LogP) is 5.01. The Hall–Kier alpha value is -1.31. The van der Waals surface area contributed by atoms with Crippen LogP contribution in [0, 0.1) is 14.9 Å². The van der Waals surface area contributed by atoms with Gasteiger partial charge in [0.15, 0.2) is 0 Å². The van der Waals surface area contributed by atoms with Gasteiger partial charge < -0.3 is 0 Å². The monoisotopic (exact) mass is 365 g/mol. The van der Waals surface area contributed by atoms with E-state index in [1.54, 1.807) is 12.1 Å². The molecule has 3 heteroatoms. The highest BCUT2D eigenvalue weighted by Gasteiger charge is 2.01. The number of hydrogen-bond acceptors (Lipinski definition) is 1. The van der Waals surface area contributed by atoms with Crippen molar-refractivity contribution in [3.8, 4) is 6.07 Å². The maximum absolute atomic E-state index is 9.22. The summed E-state index contributed by atoms with van der Waals surface area (Å²) in [6.07, 6.45) is 1.86. The first-order chi connectivity index (χ1) is 8.69. The molecule has 2 rings (SSSR count). The number of allylic oxidation sites excluding steroid dienone is 1. The average molecular weight is 366 g/mol. The second kappa shape index (κ2) is 6.03. The summed E-state index contributed by atoms with van der Waals surface area (Å²) in [5.41, 5.74) is 2.45. The maximum atomic E-state index is 9.22. The van der Waals surface area contributed by atoms with Gasteiger partial charge in [-0.2, -0.15) is 5.26 Å². The zero-order chi connectivity index (χ0) is 13.0. The number of rotatable bonds is 2. The molecule has 0 unspecified atom stereocenters. The summed E-state index contributed by atoms with van der Waals surface area (Å²) in [4.78, 5) is 0. The molecule has 0 N–H and O–H groups in total. The number of benzene rings is 2. The van der Waals surface area contributed by atoms with Crippen molar-refractivity contribution in [1.82, 2.24) is 0 Å². The largest absolute Gasteiger partial charge is 0.192 e. The Morgan fingerprint density at radius 2 is 1.89 bits per heavy atom. The van der Waals surface area contributed by atoms with Gasteiger partial charge in [0.05, 0.1) is 11.6 Å². The Labute approximate surface area is 125 Å². The zero-order valence-electron chi connectivity index (χ0n) is 9.40. The molecule has 0 saturated heterocycles. The Morgan fingerprint density at radius 1 is 1.17 bits per heavy atom. The standard InChI is InChI=1S/C15H9ClIN/c16-14-3-1-2-12(9-14)13(10-18)8-11-4-6-15(17)7-5-11/h1-9H/b13-8-. The van der Waals surface area contributed by atoms with Gasteiger partial charge in [-0.15, -0.1) is 0 Å². The number of nitriles is 1. The lowest BCUT2D eigenvalue weighted by Crippen LogP contribution is -1.82. The minimum atomic E-state index is 0.610. The molecule has 0 aliphatic heterocycles. The second-order valence-corrected chi connectivity index (χ2v) is 5.41. The molecule has 88 valence electrons. The molecule has 0 atom stereocenters. The molecule has 1 nitrogen and oxygen atoms in total. The summed E-state index contributed by atoms with van der Waals surface area (Å²) >= 11 is 8.18. The van der Waals surface area contributed by atoms with Gasteiger partial charge in [0, 0.05) is 8.59 Å². The van der Waals surface area contributed by atoms with Crippen LogP contribution in [0.25, 0.3) is 11.6 Å². The molecule has 0 radical (unpaired) electrons. The van der Waals surface area contributed by atoms with Crippen molar-refractivity contribution in [3.05, 3.63) is 68.3 Å². The average Bonchev–Trinajstić information content (AvgIpc) is 2.38. The van der Waals surface area contributed by atoms with Crippen LogP contribution in [0.5, 0.6) is 0 Å². The summed E-state index contributed by atoms with van der Waals surface area (Å²) < 4.78 is 1.17. The minimum Gasteiger partial charge on any atom is -0.192 e. The summed E-state index contributed by atoms with van der Waals surface area (Å²) in [6.45, 7) is 0. The fourth-order valence-corrected chi connectivity index (χ4v) is 2.11. The van der Waals surface area contributed by atoms with E-state index >= 15 is 0 Å². The molecule has 2 aromatic rings. The normalized spacial score (nSPS) is 11.1. The molecular weight excluding hydrogens is 357 g/mol. The van der Waals surface area contributed by atoms with Crippen LogP contribution in [0.3, 0.4) is 0 Å². The molecule has 18 heavy (non-hydrogen) atoms. The van der Waals surface area contributed by atoms with Crippen LogP contribution in [0.1, 0.15) is 11.1 Å². The molecule has 0 bridgehead atoms. The second-order valence-electron chi connectivity index (χ2n) is 3.73. The highest BCUT2D eigenvalue weighted by molar-refractivity contribution is 14.1. The van der Waals surface area contributed by atoms with Gasteiger partial charge in [-0.3, -0.25) is 0 Å². The van der Waals surface area contributed by atoms with Gasteiger partial charge in [0.1, 0.15) is 0 Å². The predicted molar refractivity (Wildman–Crippen MR) is 84.1 cm³/mol. The van der Waals surface area contributed by atoms with Crippen LogP contribution in [0.15, 0.2) is 48.5 Å². The van der Waals surface area contributed by atoms with E-state index in [1.807, 2.05) is 42.5 Å². The van der Waals surface area contributed by atoms with Crippen LogP contribution in [-0.2, 0) is 0 Å². The SMILES string of the molecule is N#C/C(=C/c1ccc(I)cc1)c1cccc(Cl)c1. The highest BCUT2D eigenvalue weighted by Crippen LogP contribution is 2.21. The van der Waals surface area contributed by atoms with Crippen molar-refractivity contribution in [2.45, 2.75) is 0 Å². The molecule has 0 aliphatic carbocycles. The van der Waals surface area contributed by atoms with Gasteiger partial charge >= 0.3 is 0 Å². The molecule has 0 fully saturated rings. The summed E-state index contributed by atoms with van der Waals surface area (Å²) in [7, 11) is 0. The maximum Gasteiger partial charge on any atom is 0.0998 e. The minimum absolute atomic E-state index is 0.610. The van der Waals surface area contributed by atoms with Crippen molar-refractivity contribution in [1.29, 1.82) is 5.26 Å². The number of halogens is 2. The van der Waals surface area contributed by atoms with Crippen molar-refractivity contribution in [3.63, 3.8) is 0 Å². The molecule has 0 aliphatic rings. The topological polar surface area (TPSA) is 23.8 Å². The first-order valence-corrected chi connectivity index (χ1v) is 6.78. The van der Waals surface area contributed by atoms with Crippen LogP contribution in [0.2, 0.25) is 5.02 Å². The van der Waals surface area contributed by atoms with Crippen molar-refractivity contribution in [2.75, 3.05) is 0 Å². The lowest BCUT2D eigenvalue weighted by molar-refractivity contribution is 1.52. The zero-order valence-corrected chi connectivity index (χ0v) is 12.3. The fraction of sp³-hybridized carbons (Fsp3) is 0. The lowest BCUT2D eigenvalue weighted by Gasteiger charge is -2.00. The third-order valence-corrected chi connectivity index (χ3v) is 3.39. The summed E-state index contributed by atoms with van der Waals surface area (Å²) in [5, 5.41) is 9.86. The van der Waals surface area contributed by atoms with Gasteiger partial charge in [-0.25, -0.2) is 0 Å². The molecule has 0 heterocycles. The quantitative estimate of drug-likeness (QED) is 0.417. The van der Waals surface area contributed by atoms with E-state index in [9.17, 15) is 5.26 Å². The van der Waals surface area contributed by atoms with E-state index in [2.05, 4.69) is 28.7 Å². The first-order valence-electron chi connectivity index (χ1n) is 5.32. The van der Waals surface area contributed by atoms with Crippen molar-refractivity contribution < 1.29 is 0 Å². The molecule has 0 aromatic heterocycles. The summed E-state index contributed by atoms with van der Waals surface area (Å²) in [5.74, 6) is 0. The van der Waals surface area contributed by atoms with E-state index in [1.165, 1.54) is 3.57 Å². The van der Waals surface area contributed by atoms with Crippen molar-refractivity contribution in [2.24, 2.45) is 0 Å². The van der Waals surface area contributed by atoms with E-state index in [0.717, 1.165) is 11.1 Å². The molecule has 2 aromatic carbocycles. The summed E-state index contributed by atoms with van der Waals surface area (Å²) in [6, 6.07) is 17.5. The molecule has 0 amide bonds. The third-order valence-electron chi connectivity index (χ3n) is 2.44. The molecule has 0 spiro atoms. The molecule has 0 saturated carbocycles. The Kier molecular flexibility index (Phi) is 4.40. The van der Waals surface area contributed by atoms with Gasteiger partial charge in [0.2, 0.25) is 0 Å². The van der Waals surface area contributed by atoms with Crippen LogP contribution in [0.4, 0.5) is 0 Å². The number of nitrogens with zero attached hydrogens (tertiary/aromatic N) is 1. The van der Waals surface area contributed by atoms with Gasteiger partial charge in [0.25, 0.3) is 0 Å². The first kappa shape index (κ1) is 13.1. The fourth-order valence-electron chi connectivity index (χ4n) is 1.56. The van der Waals surface area contributed by atoms with Crippen molar-refractivity contribution >= 4 is 45.8 Å². The Balaban J connectivity index is 2.40. The smallest absolute Gasteiger partial charge is 0.0998 e. The third kappa shape index (κ3) is 3.34. The van der Waals surface area contributed by atoms with E-state index in [0.29, 0.717) is 10.6 Å². The Bertz CT molecular complexity index is 624. The lowest BCUT2D eigenvalue weighted by atomic mass is 10.0. The van der Waals surface area contributed by atoms with E-state index in [-0.39, 0.29) is 0 Å². The van der Waals surface area contributed by atoms with E-state index < -0.39 is 0 Å². The Morgan fingerprint density at radius 3 is 2.50 bits per heavy atom. The van der Waals surface area contributed by atoms with Crippen LogP contribution < -0.4 is 0 Å². The van der Waals surface area contributed by atoms with Crippen LogP contribution >= 0.6 is 34.2 Å². The van der Waals surface area contributed by atoms with Gasteiger partial charge in [-0.1, -0.05) is 35.9 Å². The van der Waals surface area contributed by atoms with E-state index in [4.69, 9.17) is 11.6 Å². The number of hydrogen-bond donors (Lipinski definition) is 0. The van der Waals surface area contributed by atoms with Gasteiger partial charge in [-0.05, 0) is 64.1 Å².